The van der Waals surface area contributed by atoms with Gasteiger partial charge >= 0.3 is 6.03 Å². The maximum absolute atomic E-state index is 13.7. The zero-order valence-electron chi connectivity index (χ0n) is 16.8. The van der Waals surface area contributed by atoms with Gasteiger partial charge in [-0.2, -0.15) is 0 Å². The molecule has 7 heteroatoms. The number of nitrogens with zero attached hydrogens (tertiary/aromatic N) is 3. The molecule has 1 N–H and O–H groups in total. The predicted molar refractivity (Wildman–Crippen MR) is 114 cm³/mol. The van der Waals surface area contributed by atoms with Crippen molar-refractivity contribution in [1.29, 1.82) is 0 Å². The minimum atomic E-state index is -0.151. The van der Waals surface area contributed by atoms with Crippen molar-refractivity contribution in [3.05, 3.63) is 39.6 Å². The number of hydrogen-bond donors (Lipinski definition) is 1. The zero-order valence-corrected chi connectivity index (χ0v) is 17.6. The molecule has 148 valence electrons. The number of hydrogen-bond acceptors (Lipinski definition) is 4. The van der Waals surface area contributed by atoms with E-state index in [4.69, 9.17) is 0 Å². The van der Waals surface area contributed by atoms with Crippen molar-refractivity contribution in [3.63, 3.8) is 0 Å². The van der Waals surface area contributed by atoms with Gasteiger partial charge in [0.15, 0.2) is 0 Å². The average molecular weight is 399 g/mol. The van der Waals surface area contributed by atoms with Gasteiger partial charge in [-0.15, -0.1) is 11.3 Å². The van der Waals surface area contributed by atoms with Crippen LogP contribution in [0.1, 0.15) is 33.0 Å². The fourth-order valence-corrected chi connectivity index (χ4v) is 5.22. The van der Waals surface area contributed by atoms with E-state index in [-0.39, 0.29) is 18.0 Å². The lowest BCUT2D eigenvalue weighted by Gasteiger charge is -2.37. The molecule has 0 atom stereocenters. The minimum absolute atomic E-state index is 0.0827. The highest BCUT2D eigenvalue weighted by molar-refractivity contribution is 7.13. The second kappa shape index (κ2) is 7.22. The number of amides is 3. The fourth-order valence-electron chi connectivity index (χ4n) is 4.18. The molecule has 0 bridgehead atoms. The highest BCUT2D eigenvalue weighted by Gasteiger charge is 2.36. The minimum Gasteiger partial charge on any atom is -0.324 e. The van der Waals surface area contributed by atoms with E-state index in [9.17, 15) is 9.59 Å². The Morgan fingerprint density at radius 1 is 1.18 bits per heavy atom. The van der Waals surface area contributed by atoms with Crippen LogP contribution in [0.2, 0.25) is 0 Å². The Morgan fingerprint density at radius 2 is 1.86 bits per heavy atom. The maximum atomic E-state index is 13.7. The molecule has 1 aromatic carbocycles. The number of benzene rings is 1. The maximum Gasteiger partial charge on any atom is 0.329 e. The van der Waals surface area contributed by atoms with E-state index in [1.54, 1.807) is 16.2 Å². The summed E-state index contributed by atoms with van der Waals surface area (Å²) < 4.78 is 0. The van der Waals surface area contributed by atoms with Crippen LogP contribution in [-0.2, 0) is 0 Å². The third-order valence-electron chi connectivity index (χ3n) is 5.80. The van der Waals surface area contributed by atoms with Crippen LogP contribution >= 0.6 is 11.3 Å². The zero-order chi connectivity index (χ0) is 20.0. The Hall–Kier alpha value is -2.38. The van der Waals surface area contributed by atoms with Gasteiger partial charge in [0, 0.05) is 22.8 Å². The molecule has 2 aliphatic heterocycles. The summed E-state index contributed by atoms with van der Waals surface area (Å²) in [6.07, 6.45) is 1.92. The molecule has 0 aliphatic carbocycles. The molecule has 1 saturated heterocycles. The number of carbonyl (C=O) groups is 2. The Balaban J connectivity index is 1.80. The van der Waals surface area contributed by atoms with Crippen molar-refractivity contribution < 1.29 is 9.59 Å². The molecule has 0 saturated carbocycles. The number of anilines is 3. The molecular weight excluding hydrogens is 372 g/mol. The van der Waals surface area contributed by atoms with E-state index in [1.807, 2.05) is 50.1 Å². The third-order valence-corrected chi connectivity index (χ3v) is 6.81. The molecule has 0 radical (unpaired) electrons. The lowest BCUT2D eigenvalue weighted by Crippen LogP contribution is -2.48. The van der Waals surface area contributed by atoms with Gasteiger partial charge in [-0.05, 0) is 59.0 Å². The van der Waals surface area contributed by atoms with Crippen molar-refractivity contribution in [3.8, 4) is 0 Å². The lowest BCUT2D eigenvalue weighted by molar-refractivity contribution is 0.102. The van der Waals surface area contributed by atoms with Gasteiger partial charge in [-0.25, -0.2) is 4.79 Å². The molecule has 4 rings (SSSR count). The summed E-state index contributed by atoms with van der Waals surface area (Å²) in [7, 11) is 4.00. The van der Waals surface area contributed by atoms with Gasteiger partial charge in [-0.1, -0.05) is 12.1 Å². The molecule has 0 spiro atoms. The first kappa shape index (κ1) is 19.0. The number of piperidine rings is 1. The third kappa shape index (κ3) is 3.08. The number of nitrogens with one attached hydrogen (secondary N) is 1. The Kier molecular flexibility index (Phi) is 4.89. The van der Waals surface area contributed by atoms with Gasteiger partial charge in [0.2, 0.25) is 0 Å². The molecule has 1 aromatic heterocycles. The van der Waals surface area contributed by atoms with Crippen molar-refractivity contribution in [1.82, 2.24) is 9.80 Å². The van der Waals surface area contributed by atoms with Gasteiger partial charge in [0.05, 0.1) is 22.6 Å². The Bertz CT molecular complexity index is 930. The first-order valence-corrected chi connectivity index (χ1v) is 10.5. The molecular formula is C21H26N4O2S. The largest absolute Gasteiger partial charge is 0.329 e. The first-order valence-electron chi connectivity index (χ1n) is 9.64. The average Bonchev–Trinajstić information content (AvgIpc) is 2.89. The monoisotopic (exact) mass is 398 g/mol. The molecule has 2 aromatic rings. The highest BCUT2D eigenvalue weighted by atomic mass is 32.1. The Morgan fingerprint density at radius 3 is 2.57 bits per heavy atom. The summed E-state index contributed by atoms with van der Waals surface area (Å²) in [5, 5.41) is 2.99. The topological polar surface area (TPSA) is 55.9 Å². The molecule has 3 heterocycles. The van der Waals surface area contributed by atoms with E-state index in [2.05, 4.69) is 17.3 Å². The normalized spacial score (nSPS) is 17.6. The van der Waals surface area contributed by atoms with Gasteiger partial charge < -0.3 is 15.1 Å². The number of para-hydroxylation sites is 2. The number of fused-ring (bicyclic) bond motifs is 2. The van der Waals surface area contributed by atoms with Crippen molar-refractivity contribution >= 4 is 40.3 Å². The predicted octanol–water partition coefficient (Wildman–Crippen LogP) is 4.21. The van der Waals surface area contributed by atoms with Crippen LogP contribution in [0.5, 0.6) is 0 Å². The Labute approximate surface area is 169 Å². The van der Waals surface area contributed by atoms with E-state index in [0.717, 1.165) is 47.1 Å². The van der Waals surface area contributed by atoms with Crippen molar-refractivity contribution in [2.24, 2.45) is 0 Å². The van der Waals surface area contributed by atoms with E-state index < -0.39 is 0 Å². The fraction of sp³-hybridized carbons (Fsp3) is 0.429. The second-order valence-corrected chi connectivity index (χ2v) is 9.10. The number of aryl methyl sites for hydroxylation is 2. The first-order chi connectivity index (χ1) is 13.4. The lowest BCUT2D eigenvalue weighted by atomic mass is 10.0. The van der Waals surface area contributed by atoms with Gasteiger partial charge in [-0.3, -0.25) is 9.69 Å². The number of likely N-dealkylation sites (tertiary alicyclic amines) is 1. The molecule has 3 amide bonds. The summed E-state index contributed by atoms with van der Waals surface area (Å²) in [5.74, 6) is -0.151. The summed E-state index contributed by atoms with van der Waals surface area (Å²) in [5.41, 5.74) is 2.71. The number of rotatable bonds is 1. The van der Waals surface area contributed by atoms with Crippen molar-refractivity contribution in [2.75, 3.05) is 37.4 Å². The standard InChI is InChI=1S/C21H26N4O2S/c1-13-18-19(14(2)28-13)25(17-8-6-5-7-16(17)22-20(18)26)21(27)24(4)15-9-11-23(3)12-10-15/h5-8,15H,9-12H2,1-4H3,(H,22,26). The van der Waals surface area contributed by atoms with Gasteiger partial charge in [0.25, 0.3) is 5.91 Å². The molecule has 1 fully saturated rings. The van der Waals surface area contributed by atoms with Crippen LogP contribution in [0.25, 0.3) is 0 Å². The summed E-state index contributed by atoms with van der Waals surface area (Å²) in [6.45, 7) is 5.89. The van der Waals surface area contributed by atoms with E-state index in [0.29, 0.717) is 11.3 Å². The quantitative estimate of drug-likeness (QED) is 0.783. The molecule has 6 nitrogen and oxygen atoms in total. The number of carbonyl (C=O) groups excluding carboxylic acids is 2. The van der Waals surface area contributed by atoms with E-state index in [1.165, 1.54) is 0 Å². The van der Waals surface area contributed by atoms with Gasteiger partial charge in [0.1, 0.15) is 0 Å². The SMILES string of the molecule is Cc1sc(C)c2c1C(=O)Nc1ccccc1N2C(=O)N(C)C1CCN(C)CC1. The summed E-state index contributed by atoms with van der Waals surface area (Å²) in [4.78, 5) is 34.4. The second-order valence-electron chi connectivity index (χ2n) is 7.67. The molecule has 2 aliphatic rings. The number of urea groups is 1. The molecule has 0 unspecified atom stereocenters. The molecule has 28 heavy (non-hydrogen) atoms. The van der Waals surface area contributed by atoms with Crippen LogP contribution in [0, 0.1) is 13.8 Å². The van der Waals surface area contributed by atoms with Crippen LogP contribution in [0.15, 0.2) is 24.3 Å². The van der Waals surface area contributed by atoms with Crippen LogP contribution in [0.4, 0.5) is 21.9 Å². The van der Waals surface area contributed by atoms with E-state index >= 15 is 0 Å². The smallest absolute Gasteiger partial charge is 0.324 e. The van der Waals surface area contributed by atoms with Crippen molar-refractivity contribution in [2.45, 2.75) is 32.7 Å². The summed E-state index contributed by atoms with van der Waals surface area (Å²) in [6, 6.07) is 7.65. The van der Waals surface area contributed by atoms with Crippen LogP contribution in [-0.4, -0.2) is 55.0 Å². The van der Waals surface area contributed by atoms with Crippen LogP contribution in [0.3, 0.4) is 0 Å². The summed E-state index contributed by atoms with van der Waals surface area (Å²) >= 11 is 1.56. The van der Waals surface area contributed by atoms with Crippen LogP contribution < -0.4 is 10.2 Å². The number of thiophene rings is 1. The highest BCUT2D eigenvalue weighted by Crippen LogP contribution is 2.44.